The molecule has 18 heavy (non-hydrogen) atoms. The Balaban J connectivity index is 1.83. The van der Waals surface area contributed by atoms with Gasteiger partial charge in [0, 0.05) is 24.7 Å². The van der Waals surface area contributed by atoms with Crippen LogP contribution in [0.3, 0.4) is 0 Å². The molecule has 4 nitrogen and oxygen atoms in total. The Bertz CT molecular complexity index is 445. The van der Waals surface area contributed by atoms with Crippen LogP contribution >= 0.6 is 0 Å². The predicted octanol–water partition coefficient (Wildman–Crippen LogP) is 1.47. The maximum absolute atomic E-state index is 5.63. The molecule has 2 heterocycles. The summed E-state index contributed by atoms with van der Waals surface area (Å²) in [6, 6.07) is 6.54. The Morgan fingerprint density at radius 3 is 2.72 bits per heavy atom. The molecule has 0 radical (unpaired) electrons. The minimum absolute atomic E-state index is 0.121. The SMILES string of the molecule is CC1(C)CNCC(c2ccc3c(c2)OCCO3)N1. The van der Waals surface area contributed by atoms with Crippen molar-refractivity contribution in [2.75, 3.05) is 26.3 Å². The number of nitrogens with one attached hydrogen (secondary N) is 2. The summed E-state index contributed by atoms with van der Waals surface area (Å²) >= 11 is 0. The van der Waals surface area contributed by atoms with Gasteiger partial charge in [-0.15, -0.1) is 0 Å². The molecular formula is C14H20N2O2. The summed E-state index contributed by atoms with van der Waals surface area (Å²) in [5, 5.41) is 7.13. The van der Waals surface area contributed by atoms with Crippen LogP contribution in [0, 0.1) is 0 Å². The van der Waals surface area contributed by atoms with Crippen molar-refractivity contribution in [2.24, 2.45) is 0 Å². The van der Waals surface area contributed by atoms with Crippen molar-refractivity contribution < 1.29 is 9.47 Å². The van der Waals surface area contributed by atoms with Crippen molar-refractivity contribution in [3.63, 3.8) is 0 Å². The lowest BCUT2D eigenvalue weighted by Crippen LogP contribution is -2.56. The Morgan fingerprint density at radius 2 is 1.94 bits per heavy atom. The molecule has 1 saturated heterocycles. The number of rotatable bonds is 1. The normalized spacial score (nSPS) is 25.8. The number of fused-ring (bicyclic) bond motifs is 1. The number of ether oxygens (including phenoxy) is 2. The fourth-order valence-corrected chi connectivity index (χ4v) is 2.58. The van der Waals surface area contributed by atoms with Gasteiger partial charge in [0.15, 0.2) is 11.5 Å². The van der Waals surface area contributed by atoms with E-state index in [1.807, 2.05) is 6.07 Å². The molecule has 1 aromatic carbocycles. The Labute approximate surface area is 108 Å². The highest BCUT2D eigenvalue weighted by molar-refractivity contribution is 5.44. The van der Waals surface area contributed by atoms with E-state index in [0.29, 0.717) is 19.3 Å². The Kier molecular flexibility index (Phi) is 2.92. The minimum atomic E-state index is 0.121. The second-order valence-electron chi connectivity index (χ2n) is 5.61. The molecule has 0 spiro atoms. The molecule has 1 fully saturated rings. The summed E-state index contributed by atoms with van der Waals surface area (Å²) in [6.45, 7) is 7.65. The third-order valence-electron chi connectivity index (χ3n) is 3.45. The zero-order valence-electron chi connectivity index (χ0n) is 11.0. The number of hydrogen-bond acceptors (Lipinski definition) is 4. The Hall–Kier alpha value is -1.26. The van der Waals surface area contributed by atoms with E-state index >= 15 is 0 Å². The van der Waals surface area contributed by atoms with Gasteiger partial charge in [-0.1, -0.05) is 6.07 Å². The summed E-state index contributed by atoms with van der Waals surface area (Å²) in [7, 11) is 0. The molecule has 4 heteroatoms. The fraction of sp³-hybridized carbons (Fsp3) is 0.571. The third kappa shape index (κ3) is 2.31. The number of benzene rings is 1. The number of hydrogen-bond donors (Lipinski definition) is 2. The van der Waals surface area contributed by atoms with Crippen LogP contribution in [-0.4, -0.2) is 31.8 Å². The van der Waals surface area contributed by atoms with Crippen molar-refractivity contribution in [2.45, 2.75) is 25.4 Å². The average Bonchev–Trinajstić information content (AvgIpc) is 2.37. The second-order valence-corrected chi connectivity index (χ2v) is 5.61. The van der Waals surface area contributed by atoms with Crippen LogP contribution in [0.5, 0.6) is 11.5 Å². The first kappa shape index (κ1) is 11.8. The van der Waals surface area contributed by atoms with E-state index < -0.39 is 0 Å². The molecule has 3 rings (SSSR count). The molecule has 2 N–H and O–H groups in total. The van der Waals surface area contributed by atoms with Crippen LogP contribution < -0.4 is 20.1 Å². The first-order valence-corrected chi connectivity index (χ1v) is 6.52. The van der Waals surface area contributed by atoms with Gasteiger partial charge < -0.3 is 20.1 Å². The van der Waals surface area contributed by atoms with Gasteiger partial charge in [0.1, 0.15) is 13.2 Å². The van der Waals surface area contributed by atoms with Crippen LogP contribution in [-0.2, 0) is 0 Å². The van der Waals surface area contributed by atoms with Crippen LogP contribution in [0.4, 0.5) is 0 Å². The highest BCUT2D eigenvalue weighted by Crippen LogP contribution is 2.33. The summed E-state index contributed by atoms with van der Waals surface area (Å²) in [5.74, 6) is 1.72. The third-order valence-corrected chi connectivity index (χ3v) is 3.45. The van der Waals surface area contributed by atoms with Gasteiger partial charge in [-0.05, 0) is 31.5 Å². The summed E-state index contributed by atoms with van der Waals surface area (Å²) < 4.78 is 11.2. The standard InChI is InChI=1S/C14H20N2O2/c1-14(2)9-15-8-11(16-14)10-3-4-12-13(7-10)18-6-5-17-12/h3-4,7,11,15-16H,5-6,8-9H2,1-2H3. The summed E-state index contributed by atoms with van der Waals surface area (Å²) in [6.07, 6.45) is 0. The molecule has 0 amide bonds. The second kappa shape index (κ2) is 4.44. The van der Waals surface area contributed by atoms with E-state index in [9.17, 15) is 0 Å². The van der Waals surface area contributed by atoms with E-state index in [1.165, 1.54) is 5.56 Å². The topological polar surface area (TPSA) is 42.5 Å². The van der Waals surface area contributed by atoms with Gasteiger partial charge in [0.25, 0.3) is 0 Å². The van der Waals surface area contributed by atoms with Crippen molar-refractivity contribution >= 4 is 0 Å². The fourth-order valence-electron chi connectivity index (χ4n) is 2.58. The predicted molar refractivity (Wildman–Crippen MR) is 70.3 cm³/mol. The van der Waals surface area contributed by atoms with Crippen LogP contribution in [0.2, 0.25) is 0 Å². The summed E-state index contributed by atoms with van der Waals surface area (Å²) in [4.78, 5) is 0. The average molecular weight is 248 g/mol. The highest BCUT2D eigenvalue weighted by Gasteiger charge is 2.28. The number of piperazine rings is 1. The monoisotopic (exact) mass is 248 g/mol. The zero-order chi connectivity index (χ0) is 12.6. The maximum Gasteiger partial charge on any atom is 0.161 e. The van der Waals surface area contributed by atoms with E-state index in [0.717, 1.165) is 24.6 Å². The lowest BCUT2D eigenvalue weighted by molar-refractivity contribution is 0.171. The van der Waals surface area contributed by atoms with Crippen LogP contribution in [0.25, 0.3) is 0 Å². The molecule has 0 bridgehead atoms. The van der Waals surface area contributed by atoms with Crippen molar-refractivity contribution in [3.8, 4) is 11.5 Å². The quantitative estimate of drug-likeness (QED) is 0.790. The Morgan fingerprint density at radius 1 is 1.17 bits per heavy atom. The van der Waals surface area contributed by atoms with Gasteiger partial charge in [0.2, 0.25) is 0 Å². The van der Waals surface area contributed by atoms with Crippen LogP contribution in [0.15, 0.2) is 18.2 Å². The highest BCUT2D eigenvalue weighted by atomic mass is 16.6. The van der Waals surface area contributed by atoms with Crippen molar-refractivity contribution in [1.29, 1.82) is 0 Å². The molecule has 0 saturated carbocycles. The van der Waals surface area contributed by atoms with Gasteiger partial charge in [-0.3, -0.25) is 0 Å². The first-order chi connectivity index (χ1) is 8.64. The molecule has 98 valence electrons. The van der Waals surface area contributed by atoms with Crippen molar-refractivity contribution in [1.82, 2.24) is 10.6 Å². The molecule has 1 unspecified atom stereocenters. The molecule has 2 aliphatic heterocycles. The van der Waals surface area contributed by atoms with Gasteiger partial charge in [0.05, 0.1) is 0 Å². The molecule has 0 aliphatic carbocycles. The van der Waals surface area contributed by atoms with E-state index in [-0.39, 0.29) is 5.54 Å². The molecule has 1 atom stereocenters. The summed E-state index contributed by atoms with van der Waals surface area (Å²) in [5.41, 5.74) is 1.37. The van der Waals surface area contributed by atoms with E-state index in [2.05, 4.69) is 36.6 Å². The van der Waals surface area contributed by atoms with Gasteiger partial charge >= 0.3 is 0 Å². The first-order valence-electron chi connectivity index (χ1n) is 6.52. The smallest absolute Gasteiger partial charge is 0.161 e. The molecule has 1 aromatic rings. The van der Waals surface area contributed by atoms with Crippen molar-refractivity contribution in [3.05, 3.63) is 23.8 Å². The van der Waals surface area contributed by atoms with E-state index in [4.69, 9.17) is 9.47 Å². The molecular weight excluding hydrogens is 228 g/mol. The zero-order valence-corrected chi connectivity index (χ0v) is 11.0. The molecule has 0 aromatic heterocycles. The van der Waals surface area contributed by atoms with Gasteiger partial charge in [-0.25, -0.2) is 0 Å². The lowest BCUT2D eigenvalue weighted by atomic mass is 9.96. The largest absolute Gasteiger partial charge is 0.486 e. The maximum atomic E-state index is 5.63. The lowest BCUT2D eigenvalue weighted by Gasteiger charge is -2.38. The molecule has 2 aliphatic rings. The minimum Gasteiger partial charge on any atom is -0.486 e. The van der Waals surface area contributed by atoms with Gasteiger partial charge in [-0.2, -0.15) is 0 Å². The van der Waals surface area contributed by atoms with Crippen LogP contribution in [0.1, 0.15) is 25.5 Å². The van der Waals surface area contributed by atoms with E-state index in [1.54, 1.807) is 0 Å².